The molecule has 1 aliphatic heterocycles. The van der Waals surface area contributed by atoms with E-state index in [4.69, 9.17) is 14.2 Å². The number of hydrogen-bond acceptors (Lipinski definition) is 6. The SMILES string of the molecule is COC(=O)N1CCN(C(=O)OC)CC(C)N(C(=O)OC)CC1. The molecule has 126 valence electrons. The minimum absolute atomic E-state index is 0.274. The van der Waals surface area contributed by atoms with Crippen molar-refractivity contribution in [1.29, 1.82) is 0 Å². The first-order valence-electron chi connectivity index (χ1n) is 6.95. The van der Waals surface area contributed by atoms with E-state index in [0.29, 0.717) is 19.6 Å². The minimum atomic E-state index is -0.511. The molecule has 1 saturated heterocycles. The average molecular weight is 317 g/mol. The van der Waals surface area contributed by atoms with Crippen molar-refractivity contribution in [3.8, 4) is 0 Å². The van der Waals surface area contributed by atoms with Gasteiger partial charge in [0, 0.05) is 32.7 Å². The molecule has 0 spiro atoms. The molecule has 1 atom stereocenters. The van der Waals surface area contributed by atoms with Crippen molar-refractivity contribution in [2.75, 3.05) is 54.1 Å². The molecular weight excluding hydrogens is 294 g/mol. The molecule has 1 heterocycles. The zero-order valence-corrected chi connectivity index (χ0v) is 13.4. The molecule has 1 fully saturated rings. The van der Waals surface area contributed by atoms with Crippen LogP contribution in [0.3, 0.4) is 0 Å². The summed E-state index contributed by atoms with van der Waals surface area (Å²) in [6.45, 7) is 3.27. The number of amides is 3. The van der Waals surface area contributed by atoms with Crippen LogP contribution in [0.1, 0.15) is 6.92 Å². The molecule has 0 radical (unpaired) electrons. The normalized spacial score (nSPS) is 19.6. The summed E-state index contributed by atoms with van der Waals surface area (Å²) < 4.78 is 14.2. The summed E-state index contributed by atoms with van der Waals surface area (Å²) in [5.74, 6) is 0. The second-order valence-corrected chi connectivity index (χ2v) is 4.89. The summed E-state index contributed by atoms with van der Waals surface area (Å²) in [7, 11) is 3.86. The molecule has 1 rings (SSSR count). The van der Waals surface area contributed by atoms with Gasteiger partial charge in [0.05, 0.1) is 27.4 Å². The van der Waals surface area contributed by atoms with E-state index in [2.05, 4.69) is 0 Å². The van der Waals surface area contributed by atoms with Gasteiger partial charge in [0.25, 0.3) is 0 Å². The summed E-state index contributed by atoms with van der Waals surface area (Å²) in [5, 5.41) is 0. The average Bonchev–Trinajstić information content (AvgIpc) is 2.61. The predicted molar refractivity (Wildman–Crippen MR) is 76.5 cm³/mol. The number of hydrogen-bond donors (Lipinski definition) is 0. The molecule has 3 amide bonds. The fourth-order valence-corrected chi connectivity index (χ4v) is 2.31. The zero-order valence-electron chi connectivity index (χ0n) is 13.4. The first-order valence-corrected chi connectivity index (χ1v) is 6.95. The third-order valence-corrected chi connectivity index (χ3v) is 3.54. The van der Waals surface area contributed by atoms with Crippen LogP contribution in [-0.2, 0) is 14.2 Å². The molecule has 0 N–H and O–H groups in total. The first kappa shape index (κ1) is 17.9. The van der Waals surface area contributed by atoms with Crippen molar-refractivity contribution in [2.24, 2.45) is 0 Å². The molecule has 0 aromatic rings. The highest BCUT2D eigenvalue weighted by atomic mass is 16.6. The maximum absolute atomic E-state index is 11.9. The van der Waals surface area contributed by atoms with E-state index >= 15 is 0 Å². The van der Waals surface area contributed by atoms with Crippen molar-refractivity contribution in [2.45, 2.75) is 13.0 Å². The smallest absolute Gasteiger partial charge is 0.409 e. The lowest BCUT2D eigenvalue weighted by molar-refractivity contribution is 0.0888. The standard InChI is InChI=1S/C13H23N3O6/c1-10-9-15(12(18)21-3)6-5-14(11(17)20-2)7-8-16(10)13(19)22-4/h10H,5-9H2,1-4H3. The van der Waals surface area contributed by atoms with E-state index in [1.807, 2.05) is 0 Å². The van der Waals surface area contributed by atoms with E-state index in [1.165, 1.54) is 36.0 Å². The summed E-state index contributed by atoms with van der Waals surface area (Å²) in [6, 6.07) is -0.274. The van der Waals surface area contributed by atoms with E-state index in [-0.39, 0.29) is 19.1 Å². The third-order valence-electron chi connectivity index (χ3n) is 3.54. The van der Waals surface area contributed by atoms with Gasteiger partial charge >= 0.3 is 18.3 Å². The topological polar surface area (TPSA) is 88.6 Å². The Morgan fingerprint density at radius 3 is 1.77 bits per heavy atom. The van der Waals surface area contributed by atoms with Gasteiger partial charge in [-0.3, -0.25) is 0 Å². The Morgan fingerprint density at radius 1 is 0.773 bits per heavy atom. The Labute approximate surface area is 129 Å². The fourth-order valence-electron chi connectivity index (χ4n) is 2.31. The van der Waals surface area contributed by atoms with E-state index in [9.17, 15) is 14.4 Å². The lowest BCUT2D eigenvalue weighted by Gasteiger charge is -2.30. The predicted octanol–water partition coefficient (Wildman–Crippen LogP) is 0.594. The molecule has 0 saturated carbocycles. The summed E-state index contributed by atoms with van der Waals surface area (Å²) in [6.07, 6.45) is -1.53. The van der Waals surface area contributed by atoms with Gasteiger partial charge in [0.1, 0.15) is 0 Å². The van der Waals surface area contributed by atoms with E-state index in [0.717, 1.165) is 0 Å². The highest BCUT2D eigenvalue weighted by molar-refractivity contribution is 5.70. The van der Waals surface area contributed by atoms with Crippen LogP contribution < -0.4 is 0 Å². The molecule has 0 bridgehead atoms. The Hall–Kier alpha value is -2.19. The van der Waals surface area contributed by atoms with Gasteiger partial charge in [0.15, 0.2) is 0 Å². The summed E-state index contributed by atoms with van der Waals surface area (Å²) >= 11 is 0. The van der Waals surface area contributed by atoms with Crippen molar-refractivity contribution < 1.29 is 28.6 Å². The number of carbonyl (C=O) groups excluding carboxylic acids is 3. The van der Waals surface area contributed by atoms with Gasteiger partial charge < -0.3 is 28.9 Å². The minimum Gasteiger partial charge on any atom is -0.453 e. The summed E-state index contributed by atoms with van der Waals surface area (Å²) in [4.78, 5) is 39.8. The van der Waals surface area contributed by atoms with Crippen LogP contribution in [0.2, 0.25) is 0 Å². The third kappa shape index (κ3) is 4.40. The highest BCUT2D eigenvalue weighted by Crippen LogP contribution is 2.10. The number of nitrogens with zero attached hydrogens (tertiary/aromatic N) is 3. The largest absolute Gasteiger partial charge is 0.453 e. The van der Waals surface area contributed by atoms with Gasteiger partial charge in [0.2, 0.25) is 0 Å². The number of rotatable bonds is 0. The maximum Gasteiger partial charge on any atom is 0.409 e. The second-order valence-electron chi connectivity index (χ2n) is 4.89. The molecule has 9 nitrogen and oxygen atoms in total. The molecule has 1 aliphatic rings. The molecular formula is C13H23N3O6. The molecule has 9 heteroatoms. The van der Waals surface area contributed by atoms with Crippen molar-refractivity contribution >= 4 is 18.3 Å². The summed E-state index contributed by atoms with van der Waals surface area (Å²) in [5.41, 5.74) is 0. The number of methoxy groups -OCH3 is 3. The van der Waals surface area contributed by atoms with Crippen LogP contribution in [0.5, 0.6) is 0 Å². The zero-order chi connectivity index (χ0) is 16.7. The van der Waals surface area contributed by atoms with Gasteiger partial charge in [-0.2, -0.15) is 0 Å². The van der Waals surface area contributed by atoms with Crippen LogP contribution in [0, 0.1) is 0 Å². The van der Waals surface area contributed by atoms with Crippen molar-refractivity contribution in [1.82, 2.24) is 14.7 Å². The van der Waals surface area contributed by atoms with Crippen LogP contribution >= 0.6 is 0 Å². The Kier molecular flexibility index (Phi) is 6.74. The van der Waals surface area contributed by atoms with Gasteiger partial charge in [-0.1, -0.05) is 0 Å². The molecule has 1 unspecified atom stereocenters. The van der Waals surface area contributed by atoms with Crippen LogP contribution in [0.15, 0.2) is 0 Å². The Bertz CT molecular complexity index is 417. The Morgan fingerprint density at radius 2 is 1.23 bits per heavy atom. The fraction of sp³-hybridized carbons (Fsp3) is 0.769. The molecule has 0 aromatic carbocycles. The van der Waals surface area contributed by atoms with Gasteiger partial charge in [-0.05, 0) is 6.92 Å². The number of carbonyl (C=O) groups is 3. The monoisotopic (exact) mass is 317 g/mol. The lowest BCUT2D eigenvalue weighted by Crippen LogP contribution is -2.47. The Balaban J connectivity index is 2.96. The van der Waals surface area contributed by atoms with Gasteiger partial charge in [-0.15, -0.1) is 0 Å². The number of ether oxygens (including phenoxy) is 3. The molecule has 0 aliphatic carbocycles. The van der Waals surface area contributed by atoms with Crippen molar-refractivity contribution in [3.05, 3.63) is 0 Å². The van der Waals surface area contributed by atoms with E-state index in [1.54, 1.807) is 6.92 Å². The van der Waals surface area contributed by atoms with Crippen LogP contribution in [-0.4, -0.2) is 93.1 Å². The first-order chi connectivity index (χ1) is 10.4. The lowest BCUT2D eigenvalue weighted by atomic mass is 10.2. The highest BCUT2D eigenvalue weighted by Gasteiger charge is 2.29. The van der Waals surface area contributed by atoms with Crippen molar-refractivity contribution in [3.63, 3.8) is 0 Å². The van der Waals surface area contributed by atoms with Crippen LogP contribution in [0.4, 0.5) is 14.4 Å². The molecule has 22 heavy (non-hydrogen) atoms. The maximum atomic E-state index is 11.9. The quantitative estimate of drug-likeness (QED) is 0.608. The van der Waals surface area contributed by atoms with Crippen LogP contribution in [0.25, 0.3) is 0 Å². The van der Waals surface area contributed by atoms with E-state index < -0.39 is 18.3 Å². The van der Waals surface area contributed by atoms with Gasteiger partial charge in [-0.25, -0.2) is 14.4 Å². The second kappa shape index (κ2) is 8.30. The molecule has 0 aromatic heterocycles.